The third-order valence-corrected chi connectivity index (χ3v) is 6.14. The number of carbonyl (C=O) groups is 1. The lowest BCUT2D eigenvalue weighted by molar-refractivity contribution is 0.0953. The Labute approximate surface area is 182 Å². The van der Waals surface area contributed by atoms with Crippen LogP contribution in [0.25, 0.3) is 5.69 Å². The number of aryl methyl sites for hydroxylation is 2. The maximum atomic E-state index is 12.3. The minimum absolute atomic E-state index is 0.0604. The van der Waals surface area contributed by atoms with Gasteiger partial charge in [-0.05, 0) is 61.7 Å². The molecule has 0 fully saturated rings. The summed E-state index contributed by atoms with van der Waals surface area (Å²) in [6.07, 6.45) is 8.64. The highest BCUT2D eigenvalue weighted by atomic mass is 32.2. The van der Waals surface area contributed by atoms with E-state index in [1.54, 1.807) is 0 Å². The van der Waals surface area contributed by atoms with Gasteiger partial charge in [-0.15, -0.1) is 6.42 Å². The molecule has 0 saturated carbocycles. The normalized spacial score (nSPS) is 11.1. The Morgan fingerprint density at radius 1 is 1.13 bits per heavy atom. The summed E-state index contributed by atoms with van der Waals surface area (Å²) in [6.45, 7) is 2.38. The number of benzene rings is 2. The topological polar surface area (TPSA) is 93.1 Å². The Bertz CT molecular complexity index is 1180. The molecule has 0 radical (unpaired) electrons. The van der Waals surface area contributed by atoms with Crippen LogP contribution < -0.4 is 10.0 Å². The van der Waals surface area contributed by atoms with E-state index >= 15 is 0 Å². The predicted molar refractivity (Wildman–Crippen MR) is 119 cm³/mol. The van der Waals surface area contributed by atoms with E-state index in [0.717, 1.165) is 29.8 Å². The molecule has 0 spiro atoms. The first-order valence-corrected chi connectivity index (χ1v) is 11.3. The number of terminal acetylenes is 1. The van der Waals surface area contributed by atoms with E-state index in [4.69, 9.17) is 6.42 Å². The molecular weight excluding hydrogens is 412 g/mol. The summed E-state index contributed by atoms with van der Waals surface area (Å²) in [5, 5.41) is 7.42. The highest BCUT2D eigenvalue weighted by molar-refractivity contribution is 7.89. The quantitative estimate of drug-likeness (QED) is 0.398. The molecule has 31 heavy (non-hydrogen) atoms. The standard InChI is InChI=1S/C23H24N4O3S/c1-3-15-25-31(29,30)22-13-11-19(12-14-22)23(28)24-16-7-8-20-17-27(26-18(20)2)21-9-5-4-6-10-21/h1,4-6,9-14,17,25H,7-8,15-16H2,2H3,(H,24,28). The van der Waals surface area contributed by atoms with Gasteiger partial charge in [0.2, 0.25) is 10.0 Å². The van der Waals surface area contributed by atoms with E-state index in [0.29, 0.717) is 12.1 Å². The van der Waals surface area contributed by atoms with E-state index in [1.807, 2.05) is 48.1 Å². The van der Waals surface area contributed by atoms with Crippen LogP contribution in [0.3, 0.4) is 0 Å². The van der Waals surface area contributed by atoms with Crippen molar-refractivity contribution in [1.82, 2.24) is 19.8 Å². The highest BCUT2D eigenvalue weighted by Crippen LogP contribution is 2.14. The molecule has 1 amide bonds. The van der Waals surface area contributed by atoms with Crippen molar-refractivity contribution in [2.24, 2.45) is 0 Å². The largest absolute Gasteiger partial charge is 0.352 e. The Morgan fingerprint density at radius 3 is 2.52 bits per heavy atom. The summed E-state index contributed by atoms with van der Waals surface area (Å²) >= 11 is 0. The SMILES string of the molecule is C#CCNS(=O)(=O)c1ccc(C(=O)NCCCc2cn(-c3ccccc3)nc2C)cc1. The highest BCUT2D eigenvalue weighted by Gasteiger charge is 2.14. The average Bonchev–Trinajstić information content (AvgIpc) is 3.16. The molecule has 3 rings (SSSR count). The lowest BCUT2D eigenvalue weighted by Gasteiger charge is -2.07. The van der Waals surface area contributed by atoms with Crippen molar-refractivity contribution in [2.75, 3.05) is 13.1 Å². The van der Waals surface area contributed by atoms with Crippen LogP contribution in [0.15, 0.2) is 65.7 Å². The molecule has 0 aliphatic heterocycles. The minimum Gasteiger partial charge on any atom is -0.352 e. The van der Waals surface area contributed by atoms with Gasteiger partial charge in [0.1, 0.15) is 0 Å². The summed E-state index contributed by atoms with van der Waals surface area (Å²) < 4.78 is 28.2. The van der Waals surface area contributed by atoms with Crippen LogP contribution in [-0.2, 0) is 16.4 Å². The van der Waals surface area contributed by atoms with Gasteiger partial charge >= 0.3 is 0 Å². The summed E-state index contributed by atoms with van der Waals surface area (Å²) in [4.78, 5) is 12.4. The van der Waals surface area contributed by atoms with Crippen molar-refractivity contribution in [2.45, 2.75) is 24.7 Å². The van der Waals surface area contributed by atoms with Crippen molar-refractivity contribution >= 4 is 15.9 Å². The number of para-hydroxylation sites is 1. The van der Waals surface area contributed by atoms with Crippen LogP contribution in [0.4, 0.5) is 0 Å². The molecule has 7 nitrogen and oxygen atoms in total. The number of nitrogens with zero attached hydrogens (tertiary/aromatic N) is 2. The third kappa shape index (κ3) is 5.81. The zero-order chi connectivity index (χ0) is 22.3. The summed E-state index contributed by atoms with van der Waals surface area (Å²) in [5.74, 6) is 1.96. The van der Waals surface area contributed by atoms with Gasteiger partial charge in [0.15, 0.2) is 0 Å². The van der Waals surface area contributed by atoms with Gasteiger partial charge in [-0.3, -0.25) is 4.79 Å². The van der Waals surface area contributed by atoms with Gasteiger partial charge in [-0.25, -0.2) is 13.1 Å². The molecule has 1 aromatic heterocycles. The van der Waals surface area contributed by atoms with Gasteiger partial charge < -0.3 is 5.32 Å². The Morgan fingerprint density at radius 2 is 1.84 bits per heavy atom. The van der Waals surface area contributed by atoms with Crippen molar-refractivity contribution in [3.05, 3.63) is 77.6 Å². The summed E-state index contributed by atoms with van der Waals surface area (Å²) in [5.41, 5.74) is 3.49. The minimum atomic E-state index is -3.67. The fraction of sp³-hybridized carbons (Fsp3) is 0.217. The number of sulfonamides is 1. The molecule has 0 saturated heterocycles. The maximum absolute atomic E-state index is 12.3. The number of carbonyl (C=O) groups excluding carboxylic acids is 1. The molecule has 0 bridgehead atoms. The monoisotopic (exact) mass is 436 g/mol. The van der Waals surface area contributed by atoms with Crippen LogP contribution in [-0.4, -0.2) is 37.2 Å². The molecule has 2 N–H and O–H groups in total. The smallest absolute Gasteiger partial charge is 0.251 e. The van der Waals surface area contributed by atoms with E-state index < -0.39 is 10.0 Å². The summed E-state index contributed by atoms with van der Waals surface area (Å²) in [6, 6.07) is 15.6. The molecule has 3 aromatic rings. The fourth-order valence-electron chi connectivity index (χ4n) is 3.04. The van der Waals surface area contributed by atoms with E-state index in [2.05, 4.69) is 21.1 Å². The summed E-state index contributed by atoms with van der Waals surface area (Å²) in [7, 11) is -3.67. The van der Waals surface area contributed by atoms with E-state index in [9.17, 15) is 13.2 Å². The first-order valence-electron chi connectivity index (χ1n) is 9.82. The molecular formula is C23H24N4O3S. The second-order valence-electron chi connectivity index (χ2n) is 6.93. The lowest BCUT2D eigenvalue weighted by Crippen LogP contribution is -2.26. The maximum Gasteiger partial charge on any atom is 0.251 e. The van der Waals surface area contributed by atoms with E-state index in [1.165, 1.54) is 24.3 Å². The lowest BCUT2D eigenvalue weighted by atomic mass is 10.1. The van der Waals surface area contributed by atoms with Crippen LogP contribution in [0.2, 0.25) is 0 Å². The molecule has 0 aliphatic rings. The number of aromatic nitrogens is 2. The predicted octanol–water partition coefficient (Wildman–Crippen LogP) is 2.45. The van der Waals surface area contributed by atoms with Crippen molar-refractivity contribution in [3.63, 3.8) is 0 Å². The molecule has 0 atom stereocenters. The molecule has 0 unspecified atom stereocenters. The second kappa shape index (κ2) is 10.1. The fourth-order valence-corrected chi connectivity index (χ4v) is 3.98. The van der Waals surface area contributed by atoms with Gasteiger partial charge in [-0.2, -0.15) is 9.82 Å². The average molecular weight is 437 g/mol. The van der Waals surface area contributed by atoms with Gasteiger partial charge in [-0.1, -0.05) is 24.1 Å². The van der Waals surface area contributed by atoms with Crippen LogP contribution in [0.1, 0.15) is 28.0 Å². The Balaban J connectivity index is 1.51. The molecule has 160 valence electrons. The van der Waals surface area contributed by atoms with Gasteiger partial charge in [0.05, 0.1) is 22.8 Å². The van der Waals surface area contributed by atoms with Gasteiger partial charge in [0.25, 0.3) is 5.91 Å². The zero-order valence-corrected chi connectivity index (χ0v) is 18.0. The van der Waals surface area contributed by atoms with Gasteiger partial charge in [0, 0.05) is 18.3 Å². The van der Waals surface area contributed by atoms with E-state index in [-0.39, 0.29) is 17.3 Å². The van der Waals surface area contributed by atoms with Crippen LogP contribution in [0.5, 0.6) is 0 Å². The number of rotatable bonds is 9. The second-order valence-corrected chi connectivity index (χ2v) is 8.70. The van der Waals surface area contributed by atoms with Crippen LogP contribution in [0, 0.1) is 19.3 Å². The molecule has 8 heteroatoms. The van der Waals surface area contributed by atoms with Crippen molar-refractivity contribution in [1.29, 1.82) is 0 Å². The zero-order valence-electron chi connectivity index (χ0n) is 17.2. The Kier molecular flexibility index (Phi) is 7.23. The Hall–Kier alpha value is -3.41. The first kappa shape index (κ1) is 22.3. The number of amides is 1. The number of hydrogen-bond acceptors (Lipinski definition) is 4. The van der Waals surface area contributed by atoms with Crippen molar-refractivity contribution in [3.8, 4) is 18.0 Å². The number of hydrogen-bond donors (Lipinski definition) is 2. The molecule has 0 aliphatic carbocycles. The first-order chi connectivity index (χ1) is 14.9. The molecule has 2 aromatic carbocycles. The van der Waals surface area contributed by atoms with Crippen molar-refractivity contribution < 1.29 is 13.2 Å². The molecule has 1 heterocycles. The third-order valence-electron chi connectivity index (χ3n) is 4.72. The van der Waals surface area contributed by atoms with Crippen LogP contribution >= 0.6 is 0 Å². The number of nitrogens with one attached hydrogen (secondary N) is 2.